The van der Waals surface area contributed by atoms with E-state index in [0.29, 0.717) is 61.8 Å². The van der Waals surface area contributed by atoms with Gasteiger partial charge in [0.15, 0.2) is 11.5 Å². The minimum Gasteiger partial charge on any atom is -0.493 e. The van der Waals surface area contributed by atoms with Gasteiger partial charge in [0.25, 0.3) is 5.91 Å². The molecule has 2 aromatic rings. The number of halogens is 1. The van der Waals surface area contributed by atoms with E-state index < -0.39 is 0 Å². The highest BCUT2D eigenvalue weighted by Crippen LogP contribution is 2.38. The van der Waals surface area contributed by atoms with Crippen molar-refractivity contribution in [2.75, 3.05) is 65.5 Å². The molecule has 2 aliphatic heterocycles. The van der Waals surface area contributed by atoms with Crippen molar-refractivity contribution in [2.45, 2.75) is 19.8 Å². The zero-order valence-corrected chi connectivity index (χ0v) is 22.1. The van der Waals surface area contributed by atoms with Crippen LogP contribution in [0.3, 0.4) is 0 Å². The summed E-state index contributed by atoms with van der Waals surface area (Å²) in [6.45, 7) is 6.10. The molecular weight excluding hydrogens is 482 g/mol. The van der Waals surface area contributed by atoms with Crippen molar-refractivity contribution in [1.82, 2.24) is 9.80 Å². The summed E-state index contributed by atoms with van der Waals surface area (Å²) in [5.41, 5.74) is 2.79. The molecule has 9 heteroatoms. The predicted octanol–water partition coefficient (Wildman–Crippen LogP) is 3.88. The number of hydrogen-bond donors (Lipinski definition) is 0. The first-order valence-electron chi connectivity index (χ1n) is 12.3. The molecule has 4 rings (SSSR count). The zero-order valence-electron chi connectivity index (χ0n) is 21.4. The van der Waals surface area contributed by atoms with E-state index in [2.05, 4.69) is 11.8 Å². The maximum Gasteiger partial charge on any atom is 0.254 e. The third kappa shape index (κ3) is 5.33. The van der Waals surface area contributed by atoms with Gasteiger partial charge in [0.2, 0.25) is 11.7 Å². The third-order valence-corrected chi connectivity index (χ3v) is 7.38. The van der Waals surface area contributed by atoms with Gasteiger partial charge in [-0.2, -0.15) is 0 Å². The quantitative estimate of drug-likeness (QED) is 0.581. The van der Waals surface area contributed by atoms with Crippen LogP contribution < -0.4 is 19.1 Å². The summed E-state index contributed by atoms with van der Waals surface area (Å²) in [5.74, 6) is 1.36. The van der Waals surface area contributed by atoms with E-state index in [1.165, 1.54) is 26.9 Å². The second kappa shape index (κ2) is 11.3. The second-order valence-corrected chi connectivity index (χ2v) is 9.66. The van der Waals surface area contributed by atoms with Gasteiger partial charge in [-0.05, 0) is 49.6 Å². The number of benzene rings is 2. The minimum atomic E-state index is -0.106. The molecule has 194 valence electrons. The zero-order chi connectivity index (χ0) is 25.8. The monoisotopic (exact) mass is 515 g/mol. The largest absolute Gasteiger partial charge is 0.493 e. The van der Waals surface area contributed by atoms with E-state index in [1.807, 2.05) is 23.1 Å². The summed E-state index contributed by atoms with van der Waals surface area (Å²) < 4.78 is 16.1. The van der Waals surface area contributed by atoms with Crippen molar-refractivity contribution in [3.8, 4) is 17.2 Å². The van der Waals surface area contributed by atoms with Gasteiger partial charge in [0, 0.05) is 61.5 Å². The Labute approximate surface area is 217 Å². The first kappa shape index (κ1) is 25.9. The van der Waals surface area contributed by atoms with Gasteiger partial charge in [-0.15, -0.1) is 0 Å². The first-order valence-corrected chi connectivity index (χ1v) is 12.6. The van der Waals surface area contributed by atoms with Crippen LogP contribution in [0.2, 0.25) is 5.02 Å². The second-order valence-electron chi connectivity index (χ2n) is 9.22. The fraction of sp³-hybridized carbons (Fsp3) is 0.481. The molecule has 0 N–H and O–H groups in total. The average Bonchev–Trinajstić information content (AvgIpc) is 2.92. The van der Waals surface area contributed by atoms with Crippen molar-refractivity contribution in [3.05, 3.63) is 46.5 Å². The molecule has 2 amide bonds. The molecule has 0 radical (unpaired) electrons. The number of hydrogen-bond acceptors (Lipinski definition) is 6. The molecule has 2 aliphatic rings. The summed E-state index contributed by atoms with van der Waals surface area (Å²) in [6.07, 6.45) is 1.31. The highest BCUT2D eigenvalue weighted by Gasteiger charge is 2.32. The van der Waals surface area contributed by atoms with Gasteiger partial charge in [0.05, 0.1) is 21.3 Å². The Morgan fingerprint density at radius 1 is 0.833 bits per heavy atom. The summed E-state index contributed by atoms with van der Waals surface area (Å²) in [5, 5.41) is 0.724. The van der Waals surface area contributed by atoms with Crippen molar-refractivity contribution in [1.29, 1.82) is 0 Å². The van der Waals surface area contributed by atoms with Crippen molar-refractivity contribution >= 4 is 29.1 Å². The number of methoxy groups -OCH3 is 3. The van der Waals surface area contributed by atoms with Gasteiger partial charge in [-0.1, -0.05) is 17.7 Å². The number of amides is 2. The van der Waals surface area contributed by atoms with Crippen LogP contribution in [0.4, 0.5) is 5.69 Å². The highest BCUT2D eigenvalue weighted by atomic mass is 35.5. The van der Waals surface area contributed by atoms with E-state index in [4.69, 9.17) is 25.8 Å². The molecule has 0 aromatic heterocycles. The molecule has 2 aromatic carbocycles. The van der Waals surface area contributed by atoms with Crippen LogP contribution in [-0.2, 0) is 4.79 Å². The number of carbonyl (C=O) groups is 2. The average molecular weight is 516 g/mol. The number of rotatable bonds is 6. The molecule has 2 saturated heterocycles. The molecule has 2 fully saturated rings. The number of piperidine rings is 1. The van der Waals surface area contributed by atoms with Crippen LogP contribution in [0.5, 0.6) is 17.2 Å². The fourth-order valence-corrected chi connectivity index (χ4v) is 5.23. The summed E-state index contributed by atoms with van der Waals surface area (Å²) >= 11 is 6.20. The Balaban J connectivity index is 1.33. The number of ether oxygens (including phenoxy) is 3. The van der Waals surface area contributed by atoms with Crippen LogP contribution in [-0.4, -0.2) is 82.2 Å². The van der Waals surface area contributed by atoms with E-state index >= 15 is 0 Å². The summed E-state index contributed by atoms with van der Waals surface area (Å²) in [6, 6.07) is 9.26. The lowest BCUT2D eigenvalue weighted by atomic mass is 9.94. The Morgan fingerprint density at radius 3 is 2.00 bits per heavy atom. The van der Waals surface area contributed by atoms with Crippen LogP contribution >= 0.6 is 11.6 Å². The molecule has 0 atom stereocenters. The Hall–Kier alpha value is -3.13. The lowest BCUT2D eigenvalue weighted by molar-refractivity contribution is -0.137. The van der Waals surface area contributed by atoms with Crippen LogP contribution in [0.1, 0.15) is 28.8 Å². The lowest BCUT2D eigenvalue weighted by Gasteiger charge is -2.39. The van der Waals surface area contributed by atoms with Crippen LogP contribution in [0, 0.1) is 12.8 Å². The topological polar surface area (TPSA) is 71.6 Å². The van der Waals surface area contributed by atoms with E-state index in [0.717, 1.165) is 23.8 Å². The molecular formula is C27H34ClN3O5. The van der Waals surface area contributed by atoms with E-state index in [9.17, 15) is 9.59 Å². The van der Waals surface area contributed by atoms with E-state index in [-0.39, 0.29) is 17.7 Å². The molecule has 0 saturated carbocycles. The van der Waals surface area contributed by atoms with Crippen LogP contribution in [0.25, 0.3) is 0 Å². The van der Waals surface area contributed by atoms with Crippen molar-refractivity contribution in [3.63, 3.8) is 0 Å². The predicted molar refractivity (Wildman–Crippen MR) is 140 cm³/mol. The number of carbonyl (C=O) groups excluding carboxylic acids is 2. The minimum absolute atomic E-state index is 0.0616. The maximum atomic E-state index is 13.2. The number of nitrogens with zero attached hydrogens (tertiary/aromatic N) is 3. The van der Waals surface area contributed by atoms with E-state index in [1.54, 1.807) is 17.0 Å². The molecule has 0 bridgehead atoms. The molecule has 0 aliphatic carbocycles. The van der Waals surface area contributed by atoms with Gasteiger partial charge < -0.3 is 28.9 Å². The number of aryl methyl sites for hydroxylation is 1. The molecule has 0 unspecified atom stereocenters. The summed E-state index contributed by atoms with van der Waals surface area (Å²) in [4.78, 5) is 32.5. The number of likely N-dealkylation sites (tertiary alicyclic amines) is 1. The first-order chi connectivity index (χ1) is 17.4. The molecule has 36 heavy (non-hydrogen) atoms. The van der Waals surface area contributed by atoms with Gasteiger partial charge in [0.1, 0.15) is 0 Å². The van der Waals surface area contributed by atoms with Crippen LogP contribution in [0.15, 0.2) is 30.3 Å². The molecule has 8 nitrogen and oxygen atoms in total. The number of anilines is 1. The summed E-state index contributed by atoms with van der Waals surface area (Å²) in [7, 11) is 4.58. The smallest absolute Gasteiger partial charge is 0.254 e. The fourth-order valence-electron chi connectivity index (χ4n) is 5.07. The maximum absolute atomic E-state index is 13.2. The number of piperazine rings is 1. The lowest BCUT2D eigenvalue weighted by Crippen LogP contribution is -2.52. The normalized spacial score (nSPS) is 16.6. The van der Waals surface area contributed by atoms with Gasteiger partial charge >= 0.3 is 0 Å². The Kier molecular flexibility index (Phi) is 8.14. The van der Waals surface area contributed by atoms with Gasteiger partial charge in [-0.25, -0.2) is 0 Å². The highest BCUT2D eigenvalue weighted by molar-refractivity contribution is 6.30. The van der Waals surface area contributed by atoms with Crippen molar-refractivity contribution in [2.24, 2.45) is 5.92 Å². The Bertz CT molecular complexity index is 1080. The SMILES string of the molecule is COc1cc(C(=O)N2CCC(C(=O)N3CCN(c4cc(Cl)ccc4C)CC3)CC2)cc(OC)c1OC. The van der Waals surface area contributed by atoms with Gasteiger partial charge in [-0.3, -0.25) is 9.59 Å². The third-order valence-electron chi connectivity index (χ3n) is 7.15. The molecule has 2 heterocycles. The molecule has 0 spiro atoms. The standard InChI is InChI=1S/C27H34ClN3O5/c1-18-5-6-21(28)17-22(18)29-11-13-31(14-12-29)26(32)19-7-9-30(10-8-19)27(33)20-15-23(34-2)25(36-4)24(16-20)35-3/h5-6,15-17,19H,7-14H2,1-4H3. The Morgan fingerprint density at radius 2 is 1.44 bits per heavy atom. The van der Waals surface area contributed by atoms with Crippen molar-refractivity contribution < 1.29 is 23.8 Å².